The lowest BCUT2D eigenvalue weighted by atomic mass is 10.5. The van der Waals surface area contributed by atoms with Crippen LogP contribution in [0.5, 0.6) is 0 Å². The molecule has 3 heteroatoms. The molecule has 0 aromatic rings. The van der Waals surface area contributed by atoms with E-state index in [-0.39, 0.29) is 6.29 Å². The number of hydrogen-bond donors (Lipinski definition) is 0. The summed E-state index contributed by atoms with van der Waals surface area (Å²) in [7, 11) is 0. The van der Waals surface area contributed by atoms with Crippen LogP contribution in [0, 0.1) is 0 Å². The van der Waals surface area contributed by atoms with Gasteiger partial charge in [0.2, 0.25) is 6.29 Å². The smallest absolute Gasteiger partial charge is 0.219 e. The standard InChI is InChI=1S/C6H6N3/c1-2-7-6-8-3-5-9(6)4-1/h1-6H. The van der Waals surface area contributed by atoms with Gasteiger partial charge in [-0.15, -0.1) is 0 Å². The molecule has 0 aromatic heterocycles. The molecule has 0 aliphatic carbocycles. The maximum absolute atomic E-state index is 4.08. The summed E-state index contributed by atoms with van der Waals surface area (Å²) in [5.41, 5.74) is 0. The van der Waals surface area contributed by atoms with Gasteiger partial charge < -0.3 is 4.90 Å². The van der Waals surface area contributed by atoms with Crippen LogP contribution in [0.15, 0.2) is 29.7 Å². The van der Waals surface area contributed by atoms with E-state index < -0.39 is 0 Å². The number of hydrogen-bond acceptors (Lipinski definition) is 2. The highest BCUT2D eigenvalue weighted by Crippen LogP contribution is 2.09. The molecule has 1 atom stereocenters. The third-order valence-electron chi connectivity index (χ3n) is 1.29. The Hall–Kier alpha value is -1.25. The molecule has 0 spiro atoms. The molecule has 1 radical (unpaired) electrons. The second-order valence-corrected chi connectivity index (χ2v) is 1.88. The van der Waals surface area contributed by atoms with Crippen LogP contribution in [0.1, 0.15) is 0 Å². The zero-order valence-corrected chi connectivity index (χ0v) is 4.81. The highest BCUT2D eigenvalue weighted by atomic mass is 15.4. The van der Waals surface area contributed by atoms with Gasteiger partial charge in [0, 0.05) is 24.8 Å². The number of allylic oxidation sites excluding steroid dienone is 1. The monoisotopic (exact) mass is 120 g/mol. The van der Waals surface area contributed by atoms with E-state index in [9.17, 15) is 0 Å². The van der Waals surface area contributed by atoms with Gasteiger partial charge in [-0.05, 0) is 6.08 Å². The molecule has 0 saturated carbocycles. The van der Waals surface area contributed by atoms with Crippen molar-refractivity contribution in [2.24, 2.45) is 4.99 Å². The number of fused-ring (bicyclic) bond motifs is 1. The molecule has 0 N–H and O–H groups in total. The summed E-state index contributed by atoms with van der Waals surface area (Å²) in [4.78, 5) is 6.02. The van der Waals surface area contributed by atoms with E-state index in [1.165, 1.54) is 0 Å². The Morgan fingerprint density at radius 3 is 3.22 bits per heavy atom. The lowest BCUT2D eigenvalue weighted by Gasteiger charge is -2.17. The van der Waals surface area contributed by atoms with Crippen molar-refractivity contribution >= 4 is 6.21 Å². The first-order valence-corrected chi connectivity index (χ1v) is 2.81. The molecular formula is C6H6N3. The van der Waals surface area contributed by atoms with Crippen molar-refractivity contribution in [2.75, 3.05) is 0 Å². The van der Waals surface area contributed by atoms with Crippen molar-refractivity contribution in [3.8, 4) is 0 Å². The molecule has 3 nitrogen and oxygen atoms in total. The van der Waals surface area contributed by atoms with Gasteiger partial charge in [-0.2, -0.15) is 0 Å². The van der Waals surface area contributed by atoms with E-state index in [1.54, 1.807) is 12.4 Å². The molecular weight excluding hydrogens is 114 g/mol. The van der Waals surface area contributed by atoms with Crippen LogP contribution in [0.2, 0.25) is 0 Å². The third-order valence-corrected chi connectivity index (χ3v) is 1.29. The van der Waals surface area contributed by atoms with E-state index in [2.05, 4.69) is 10.3 Å². The lowest BCUT2D eigenvalue weighted by Crippen LogP contribution is -2.27. The van der Waals surface area contributed by atoms with Gasteiger partial charge in [-0.25, -0.2) is 10.3 Å². The summed E-state index contributed by atoms with van der Waals surface area (Å²) in [5.74, 6) is 0. The van der Waals surface area contributed by atoms with Crippen LogP contribution in [0.25, 0.3) is 0 Å². The highest BCUT2D eigenvalue weighted by molar-refractivity contribution is 5.72. The summed E-state index contributed by atoms with van der Waals surface area (Å²) in [6, 6.07) is 0. The Kier molecular flexibility index (Phi) is 0.828. The summed E-state index contributed by atoms with van der Waals surface area (Å²) in [6.45, 7) is 0. The highest BCUT2D eigenvalue weighted by Gasteiger charge is 2.16. The molecule has 1 unspecified atom stereocenters. The maximum atomic E-state index is 4.08. The van der Waals surface area contributed by atoms with E-state index in [4.69, 9.17) is 0 Å². The maximum Gasteiger partial charge on any atom is 0.219 e. The first kappa shape index (κ1) is 4.61. The average Bonchev–Trinajstić information content (AvgIpc) is 2.33. The number of nitrogens with zero attached hydrogens (tertiary/aromatic N) is 3. The van der Waals surface area contributed by atoms with Gasteiger partial charge in [-0.1, -0.05) is 0 Å². The predicted octanol–water partition coefficient (Wildman–Crippen LogP) is 0.259. The van der Waals surface area contributed by atoms with Crippen LogP contribution in [0.3, 0.4) is 0 Å². The fourth-order valence-electron chi connectivity index (χ4n) is 0.853. The molecule has 45 valence electrons. The molecule has 2 aliphatic heterocycles. The van der Waals surface area contributed by atoms with Gasteiger partial charge in [0.15, 0.2) is 0 Å². The van der Waals surface area contributed by atoms with Crippen LogP contribution < -0.4 is 5.32 Å². The summed E-state index contributed by atoms with van der Waals surface area (Å²) >= 11 is 0. The number of aliphatic imine (C=N–C) groups is 1. The van der Waals surface area contributed by atoms with Crippen LogP contribution in [0.4, 0.5) is 0 Å². The largest absolute Gasteiger partial charge is 0.312 e. The Morgan fingerprint density at radius 1 is 1.33 bits per heavy atom. The molecule has 0 aromatic carbocycles. The fourth-order valence-corrected chi connectivity index (χ4v) is 0.853. The Morgan fingerprint density at radius 2 is 2.33 bits per heavy atom. The van der Waals surface area contributed by atoms with E-state index in [0.29, 0.717) is 0 Å². The summed E-state index contributed by atoms with van der Waals surface area (Å²) in [6.07, 6.45) is 9.26. The molecule has 9 heavy (non-hydrogen) atoms. The minimum absolute atomic E-state index is 0.00463. The zero-order valence-electron chi connectivity index (χ0n) is 4.81. The topological polar surface area (TPSA) is 29.7 Å². The molecule has 0 bridgehead atoms. The number of rotatable bonds is 0. The molecule has 0 saturated heterocycles. The normalized spacial score (nSPS) is 28.4. The van der Waals surface area contributed by atoms with Crippen LogP contribution in [-0.2, 0) is 0 Å². The fraction of sp³-hybridized carbons (Fsp3) is 0.167. The quantitative estimate of drug-likeness (QED) is 0.451. The van der Waals surface area contributed by atoms with Crippen molar-refractivity contribution in [1.29, 1.82) is 0 Å². The van der Waals surface area contributed by atoms with Gasteiger partial charge in [0.25, 0.3) is 0 Å². The van der Waals surface area contributed by atoms with Crippen molar-refractivity contribution < 1.29 is 0 Å². The van der Waals surface area contributed by atoms with Crippen LogP contribution >= 0.6 is 0 Å². The van der Waals surface area contributed by atoms with Gasteiger partial charge in [0.05, 0.1) is 0 Å². The van der Waals surface area contributed by atoms with Gasteiger partial charge in [-0.3, -0.25) is 0 Å². The van der Waals surface area contributed by atoms with Crippen LogP contribution in [-0.4, -0.2) is 17.4 Å². The first-order chi connectivity index (χ1) is 4.47. The molecule has 0 amide bonds. The zero-order chi connectivity index (χ0) is 6.10. The predicted molar refractivity (Wildman–Crippen MR) is 34.5 cm³/mol. The molecule has 2 heterocycles. The Balaban J connectivity index is 2.25. The van der Waals surface area contributed by atoms with E-state index in [0.717, 1.165) is 0 Å². The van der Waals surface area contributed by atoms with E-state index >= 15 is 0 Å². The second kappa shape index (κ2) is 1.62. The minimum atomic E-state index is -0.00463. The third kappa shape index (κ3) is 0.614. The molecule has 2 aliphatic rings. The molecule has 2 rings (SSSR count). The Labute approximate surface area is 53.4 Å². The van der Waals surface area contributed by atoms with Crippen molar-refractivity contribution in [2.45, 2.75) is 6.29 Å². The summed E-state index contributed by atoms with van der Waals surface area (Å²) < 4.78 is 0. The SMILES string of the molecule is C1=CN2C=C[N]C2N=C1. The minimum Gasteiger partial charge on any atom is -0.312 e. The Bertz CT molecular complexity index is 192. The first-order valence-electron chi connectivity index (χ1n) is 2.81. The van der Waals surface area contributed by atoms with Crippen molar-refractivity contribution in [1.82, 2.24) is 10.2 Å². The van der Waals surface area contributed by atoms with E-state index in [1.807, 2.05) is 23.4 Å². The second-order valence-electron chi connectivity index (χ2n) is 1.88. The summed E-state index contributed by atoms with van der Waals surface area (Å²) in [5, 5.41) is 4.05. The van der Waals surface area contributed by atoms with Gasteiger partial charge in [0.1, 0.15) is 0 Å². The van der Waals surface area contributed by atoms with Crippen molar-refractivity contribution in [3.63, 3.8) is 0 Å². The lowest BCUT2D eigenvalue weighted by molar-refractivity contribution is 0.371. The molecule has 0 fully saturated rings. The average molecular weight is 120 g/mol. The van der Waals surface area contributed by atoms with Gasteiger partial charge >= 0.3 is 0 Å². The van der Waals surface area contributed by atoms with Crippen molar-refractivity contribution in [3.05, 3.63) is 24.7 Å².